The van der Waals surface area contributed by atoms with Crippen LogP contribution in [0.4, 0.5) is 4.79 Å². The Morgan fingerprint density at radius 1 is 1.09 bits per heavy atom. The van der Waals surface area contributed by atoms with Gasteiger partial charge in [0, 0.05) is 11.6 Å². The summed E-state index contributed by atoms with van der Waals surface area (Å²) in [6, 6.07) is 0. The molecular formula is C28H47ClO3. The van der Waals surface area contributed by atoms with Crippen molar-refractivity contribution < 1.29 is 15.0 Å². The maximum absolute atomic E-state index is 10.2. The topological polar surface area (TPSA) is 57.5 Å². The average molecular weight is 467 g/mol. The van der Waals surface area contributed by atoms with Gasteiger partial charge < -0.3 is 10.2 Å². The lowest BCUT2D eigenvalue weighted by Crippen LogP contribution is -2.50. The van der Waals surface area contributed by atoms with Gasteiger partial charge in [-0.3, -0.25) is 0 Å². The lowest BCUT2D eigenvalue weighted by atomic mass is 9.47. The molecule has 4 heteroatoms. The van der Waals surface area contributed by atoms with Gasteiger partial charge in [-0.2, -0.15) is 0 Å². The van der Waals surface area contributed by atoms with Crippen molar-refractivity contribution >= 4 is 17.0 Å². The van der Waals surface area contributed by atoms with Crippen molar-refractivity contribution in [2.45, 2.75) is 111 Å². The van der Waals surface area contributed by atoms with Crippen molar-refractivity contribution in [1.29, 1.82) is 0 Å². The molecule has 4 aliphatic rings. The fourth-order valence-corrected chi connectivity index (χ4v) is 8.67. The van der Waals surface area contributed by atoms with Crippen molar-refractivity contribution in [3.63, 3.8) is 0 Å². The second-order valence-electron chi connectivity index (χ2n) is 12.4. The van der Waals surface area contributed by atoms with E-state index in [4.69, 9.17) is 9.90 Å². The quantitative estimate of drug-likeness (QED) is 0.316. The zero-order valence-electron chi connectivity index (χ0n) is 21.1. The fourth-order valence-electron chi connectivity index (χ4n) is 8.67. The standard InChI is InChI=1S/C27H46O.CHClO2/c1-18(2)7-6-8-19(3)23-11-12-24-22-10-9-20-17-21(28)13-15-26(20,4)25(22)14-16-27(23,24)5;2-1(3)4/h9,18-19,21-25,28H,6-8,10-17H2,1-5H3;(H,3,4)/t19-,21+,22+,23-,24+,25+,26+,27-;/m1./s1. The van der Waals surface area contributed by atoms with E-state index >= 15 is 0 Å². The van der Waals surface area contributed by atoms with E-state index < -0.39 is 5.43 Å². The summed E-state index contributed by atoms with van der Waals surface area (Å²) >= 11 is 4.19. The number of rotatable bonds is 5. The van der Waals surface area contributed by atoms with Crippen LogP contribution in [0.3, 0.4) is 0 Å². The van der Waals surface area contributed by atoms with Crippen molar-refractivity contribution in [2.24, 2.45) is 46.3 Å². The van der Waals surface area contributed by atoms with Crippen molar-refractivity contribution in [2.75, 3.05) is 0 Å². The van der Waals surface area contributed by atoms with Crippen LogP contribution in [-0.4, -0.2) is 21.7 Å². The van der Waals surface area contributed by atoms with Crippen molar-refractivity contribution in [1.82, 2.24) is 0 Å². The summed E-state index contributed by atoms with van der Waals surface area (Å²) in [5.74, 6) is 5.46. The first kappa shape index (κ1) is 26.1. The van der Waals surface area contributed by atoms with Crippen LogP contribution in [0, 0.1) is 46.3 Å². The van der Waals surface area contributed by atoms with E-state index in [1.165, 1.54) is 57.8 Å². The number of halogens is 1. The summed E-state index contributed by atoms with van der Waals surface area (Å²) in [4.78, 5) is 8.77. The summed E-state index contributed by atoms with van der Waals surface area (Å²) in [5, 5.41) is 17.4. The Labute approximate surface area is 201 Å². The van der Waals surface area contributed by atoms with E-state index in [0.717, 1.165) is 48.3 Å². The molecule has 32 heavy (non-hydrogen) atoms. The predicted molar refractivity (Wildman–Crippen MR) is 133 cm³/mol. The number of hydrogen-bond acceptors (Lipinski definition) is 2. The first-order chi connectivity index (χ1) is 15.0. The van der Waals surface area contributed by atoms with Gasteiger partial charge in [-0.15, -0.1) is 0 Å². The van der Waals surface area contributed by atoms with Crippen molar-refractivity contribution in [3.05, 3.63) is 11.6 Å². The van der Waals surface area contributed by atoms with Gasteiger partial charge in [0.15, 0.2) is 0 Å². The van der Waals surface area contributed by atoms with Crippen LogP contribution in [0.15, 0.2) is 11.6 Å². The third-order valence-electron chi connectivity index (χ3n) is 10.3. The number of hydrogen-bond donors (Lipinski definition) is 2. The molecule has 0 saturated heterocycles. The lowest BCUT2D eigenvalue weighted by molar-refractivity contribution is -0.0573. The van der Waals surface area contributed by atoms with Gasteiger partial charge in [0.25, 0.3) is 0 Å². The van der Waals surface area contributed by atoms with E-state index in [1.54, 1.807) is 5.57 Å². The minimum Gasteiger partial charge on any atom is -0.469 e. The minimum atomic E-state index is -1.36. The molecule has 3 saturated carbocycles. The van der Waals surface area contributed by atoms with Crippen LogP contribution in [0.2, 0.25) is 0 Å². The molecule has 0 bridgehead atoms. The molecule has 0 spiro atoms. The molecule has 4 aliphatic carbocycles. The van der Waals surface area contributed by atoms with Gasteiger partial charge in [-0.25, -0.2) is 4.79 Å². The smallest absolute Gasteiger partial charge is 0.401 e. The molecule has 0 radical (unpaired) electrons. The Morgan fingerprint density at radius 2 is 1.78 bits per heavy atom. The highest BCUT2D eigenvalue weighted by molar-refractivity contribution is 6.60. The molecule has 0 heterocycles. The molecule has 2 N–H and O–H groups in total. The summed E-state index contributed by atoms with van der Waals surface area (Å²) in [6.07, 6.45) is 17.2. The van der Waals surface area contributed by atoms with Gasteiger partial charge in [-0.05, 0) is 97.7 Å². The highest BCUT2D eigenvalue weighted by atomic mass is 35.5. The molecule has 8 atom stereocenters. The van der Waals surface area contributed by atoms with Gasteiger partial charge in [-0.1, -0.05) is 65.5 Å². The molecule has 3 nitrogen and oxygen atoms in total. The van der Waals surface area contributed by atoms with Crippen molar-refractivity contribution in [3.8, 4) is 0 Å². The molecule has 0 unspecified atom stereocenters. The van der Waals surface area contributed by atoms with Crippen LogP contribution in [-0.2, 0) is 0 Å². The van der Waals surface area contributed by atoms with Crippen LogP contribution < -0.4 is 0 Å². The molecule has 0 amide bonds. The van der Waals surface area contributed by atoms with Crippen LogP contribution in [0.25, 0.3) is 0 Å². The number of fused-ring (bicyclic) bond motifs is 5. The van der Waals surface area contributed by atoms with Crippen LogP contribution in [0.1, 0.15) is 105 Å². The normalized spacial score (nSPS) is 41.5. The van der Waals surface area contributed by atoms with Gasteiger partial charge in [0.2, 0.25) is 0 Å². The number of aliphatic hydroxyl groups excluding tert-OH is 1. The first-order valence-electron chi connectivity index (χ1n) is 13.2. The zero-order chi connectivity index (χ0) is 23.7. The second kappa shape index (κ2) is 10.4. The third-order valence-corrected chi connectivity index (χ3v) is 10.3. The number of carbonyl (C=O) groups is 1. The molecule has 0 aromatic rings. The summed E-state index contributed by atoms with van der Waals surface area (Å²) in [7, 11) is 0. The number of aliphatic hydroxyl groups is 1. The Morgan fingerprint density at radius 3 is 2.44 bits per heavy atom. The average Bonchev–Trinajstić information content (AvgIpc) is 3.05. The van der Waals surface area contributed by atoms with E-state index in [1.807, 2.05) is 0 Å². The van der Waals surface area contributed by atoms with Gasteiger partial charge in [0.05, 0.1) is 6.10 Å². The largest absolute Gasteiger partial charge is 0.469 e. The van der Waals surface area contributed by atoms with Crippen LogP contribution >= 0.6 is 11.6 Å². The summed E-state index contributed by atoms with van der Waals surface area (Å²) in [5.41, 5.74) is 1.24. The summed E-state index contributed by atoms with van der Waals surface area (Å²) < 4.78 is 0. The Hall–Kier alpha value is -0.540. The van der Waals surface area contributed by atoms with Gasteiger partial charge >= 0.3 is 5.43 Å². The van der Waals surface area contributed by atoms with Crippen LogP contribution in [0.5, 0.6) is 0 Å². The second-order valence-corrected chi connectivity index (χ2v) is 12.8. The van der Waals surface area contributed by atoms with E-state index in [9.17, 15) is 5.11 Å². The lowest BCUT2D eigenvalue weighted by Gasteiger charge is -2.58. The van der Waals surface area contributed by atoms with Gasteiger partial charge in [0.1, 0.15) is 0 Å². The zero-order valence-corrected chi connectivity index (χ0v) is 21.8. The molecule has 4 rings (SSSR count). The fraction of sp³-hybridized carbons (Fsp3) is 0.893. The molecule has 184 valence electrons. The SMILES string of the molecule is CC(C)CCC[C@@H](C)[C@H]1CC[C@H]2[C@@H]3CC=C4C[C@@H](O)CC[C@]4(C)[C@H]3CC[C@]12C.O=C(O)Cl. The first-order valence-corrected chi connectivity index (χ1v) is 13.6. The Kier molecular flexibility index (Phi) is 8.46. The molecule has 0 aromatic heterocycles. The van der Waals surface area contributed by atoms with E-state index in [-0.39, 0.29) is 6.10 Å². The Balaban J connectivity index is 0.000000668. The predicted octanol–water partition coefficient (Wildman–Crippen LogP) is 8.29. The van der Waals surface area contributed by atoms with E-state index in [2.05, 4.69) is 52.3 Å². The minimum absolute atomic E-state index is 0.0766. The third kappa shape index (κ3) is 5.24. The molecular weight excluding hydrogens is 420 g/mol. The maximum Gasteiger partial charge on any atom is 0.401 e. The molecule has 0 aromatic carbocycles. The van der Waals surface area contributed by atoms with E-state index in [0.29, 0.717) is 10.8 Å². The highest BCUT2D eigenvalue weighted by Gasteiger charge is 2.59. The molecule has 0 aliphatic heterocycles. The Bertz CT molecular complexity index is 684. The molecule has 3 fully saturated rings. The summed E-state index contributed by atoms with van der Waals surface area (Å²) in [6.45, 7) is 12.6. The maximum atomic E-state index is 10.2. The number of carboxylic acid groups (broad SMARTS) is 1. The monoisotopic (exact) mass is 466 g/mol. The number of allylic oxidation sites excluding steroid dienone is 1. The highest BCUT2D eigenvalue weighted by Crippen LogP contribution is 2.67.